The van der Waals surface area contributed by atoms with Gasteiger partial charge in [0.25, 0.3) is 0 Å². The lowest BCUT2D eigenvalue weighted by atomic mass is 10.2. The van der Waals surface area contributed by atoms with Crippen LogP contribution in [-0.2, 0) is 0 Å². The summed E-state index contributed by atoms with van der Waals surface area (Å²) in [6.07, 6.45) is 4.98. The van der Waals surface area contributed by atoms with Crippen molar-refractivity contribution in [3.05, 3.63) is 12.2 Å². The van der Waals surface area contributed by atoms with Gasteiger partial charge >= 0.3 is 0 Å². The Hall–Kier alpha value is -0.810. The molecule has 1 atom stereocenters. The second kappa shape index (κ2) is 2.49. The summed E-state index contributed by atoms with van der Waals surface area (Å²) in [7, 11) is 0. The van der Waals surface area contributed by atoms with Crippen molar-refractivity contribution < 1.29 is 0 Å². The minimum Gasteiger partial charge on any atom is -0.298 e. The van der Waals surface area contributed by atoms with Gasteiger partial charge in [-0.25, -0.2) is 0 Å². The summed E-state index contributed by atoms with van der Waals surface area (Å²) < 4.78 is 0. The predicted molar refractivity (Wildman–Crippen MR) is 31.2 cm³/mol. The van der Waals surface area contributed by atoms with Gasteiger partial charge in [-0.05, 0) is 6.42 Å². The number of rotatable bonds is 0. The molecule has 0 bridgehead atoms. The number of nitriles is 1. The van der Waals surface area contributed by atoms with E-state index < -0.39 is 0 Å². The van der Waals surface area contributed by atoms with Crippen molar-refractivity contribution in [1.29, 1.82) is 5.26 Å². The molecule has 0 aromatic heterocycles. The van der Waals surface area contributed by atoms with Crippen LogP contribution in [0.1, 0.15) is 6.42 Å². The van der Waals surface area contributed by atoms with Gasteiger partial charge in [0, 0.05) is 6.54 Å². The first-order valence-corrected chi connectivity index (χ1v) is 2.73. The fourth-order valence-electron chi connectivity index (χ4n) is 0.711. The van der Waals surface area contributed by atoms with E-state index in [0.717, 1.165) is 13.0 Å². The molecule has 1 N–H and O–H groups in total. The Morgan fingerprint density at radius 3 is 3.00 bits per heavy atom. The topological polar surface area (TPSA) is 35.8 Å². The predicted octanol–water partition coefficient (Wildman–Crippen LogP) is 0.428. The maximum atomic E-state index is 8.33. The average Bonchev–Trinajstić information content (AvgIpc) is 1.90. The van der Waals surface area contributed by atoms with Crippen LogP contribution in [-0.4, -0.2) is 12.6 Å². The zero-order chi connectivity index (χ0) is 5.82. The highest BCUT2D eigenvalue weighted by Gasteiger charge is 2.02. The summed E-state index contributed by atoms with van der Waals surface area (Å²) in [6.45, 7) is 0.939. The number of hydrogen-bond donors (Lipinski definition) is 1. The summed E-state index contributed by atoms with van der Waals surface area (Å²) in [5.41, 5.74) is 0. The molecule has 0 amide bonds. The van der Waals surface area contributed by atoms with E-state index in [2.05, 4.69) is 11.4 Å². The molecular formula is C6H8N2. The van der Waals surface area contributed by atoms with Gasteiger partial charge in [-0.1, -0.05) is 12.2 Å². The Morgan fingerprint density at radius 2 is 2.62 bits per heavy atom. The van der Waals surface area contributed by atoms with Gasteiger partial charge in [-0.15, -0.1) is 0 Å². The minimum atomic E-state index is -0.0382. The third-order valence-electron chi connectivity index (χ3n) is 1.14. The quantitative estimate of drug-likeness (QED) is 0.457. The van der Waals surface area contributed by atoms with Gasteiger partial charge in [0.1, 0.15) is 6.04 Å². The summed E-state index contributed by atoms with van der Waals surface area (Å²) in [6, 6.07) is 2.07. The van der Waals surface area contributed by atoms with Crippen molar-refractivity contribution in [3.8, 4) is 6.07 Å². The van der Waals surface area contributed by atoms with E-state index in [9.17, 15) is 0 Å². The lowest BCUT2D eigenvalue weighted by molar-refractivity contribution is 0.659. The van der Waals surface area contributed by atoms with Crippen LogP contribution in [0.3, 0.4) is 0 Å². The lowest BCUT2D eigenvalue weighted by Gasteiger charge is -2.09. The smallest absolute Gasteiger partial charge is 0.114 e. The molecule has 2 heteroatoms. The molecule has 1 heterocycles. The molecule has 0 saturated heterocycles. The van der Waals surface area contributed by atoms with Crippen molar-refractivity contribution in [3.63, 3.8) is 0 Å². The number of nitrogens with zero attached hydrogens (tertiary/aromatic N) is 1. The molecule has 0 fully saturated rings. The molecule has 0 spiro atoms. The molecular weight excluding hydrogens is 100 g/mol. The van der Waals surface area contributed by atoms with Crippen molar-refractivity contribution in [2.45, 2.75) is 12.5 Å². The van der Waals surface area contributed by atoms with Gasteiger partial charge in [-0.2, -0.15) is 5.26 Å². The van der Waals surface area contributed by atoms with E-state index in [1.165, 1.54) is 0 Å². The molecule has 0 aromatic carbocycles. The van der Waals surface area contributed by atoms with Gasteiger partial charge in [0.15, 0.2) is 0 Å². The maximum Gasteiger partial charge on any atom is 0.114 e. The fourth-order valence-corrected chi connectivity index (χ4v) is 0.711. The molecule has 42 valence electrons. The first-order chi connectivity index (χ1) is 3.93. The van der Waals surface area contributed by atoms with Gasteiger partial charge in [-0.3, -0.25) is 5.32 Å². The zero-order valence-electron chi connectivity index (χ0n) is 4.59. The lowest BCUT2D eigenvalue weighted by Crippen LogP contribution is -2.28. The van der Waals surface area contributed by atoms with Crippen LogP contribution in [0.25, 0.3) is 0 Å². The first-order valence-electron chi connectivity index (χ1n) is 2.73. The highest BCUT2D eigenvalue weighted by Crippen LogP contribution is 1.93. The van der Waals surface area contributed by atoms with Crippen molar-refractivity contribution >= 4 is 0 Å². The average molecular weight is 108 g/mol. The van der Waals surface area contributed by atoms with Crippen LogP contribution >= 0.6 is 0 Å². The van der Waals surface area contributed by atoms with Crippen molar-refractivity contribution in [2.75, 3.05) is 6.54 Å². The Morgan fingerprint density at radius 1 is 1.75 bits per heavy atom. The normalized spacial score (nSPS) is 27.1. The van der Waals surface area contributed by atoms with Gasteiger partial charge < -0.3 is 0 Å². The van der Waals surface area contributed by atoms with Crippen molar-refractivity contribution in [2.24, 2.45) is 0 Å². The maximum absolute atomic E-state index is 8.33. The monoisotopic (exact) mass is 108 g/mol. The molecule has 1 unspecified atom stereocenters. The Labute approximate surface area is 48.8 Å². The van der Waals surface area contributed by atoms with Crippen LogP contribution in [0.15, 0.2) is 12.2 Å². The second-order valence-corrected chi connectivity index (χ2v) is 1.78. The van der Waals surface area contributed by atoms with E-state index >= 15 is 0 Å². The molecule has 1 rings (SSSR count). The standard InChI is InChI=1S/C6H8N2/c7-5-6-3-1-2-4-8-6/h1,3,6,8H,2,4H2. The minimum absolute atomic E-state index is 0.0382. The SMILES string of the molecule is N#CC1C=CCCN1. The van der Waals surface area contributed by atoms with Crippen LogP contribution in [0.4, 0.5) is 0 Å². The van der Waals surface area contributed by atoms with Crippen LogP contribution in [0.2, 0.25) is 0 Å². The van der Waals surface area contributed by atoms with E-state index in [1.54, 1.807) is 0 Å². The van der Waals surface area contributed by atoms with E-state index in [4.69, 9.17) is 5.26 Å². The Balaban J connectivity index is 2.46. The molecule has 0 aromatic rings. The fraction of sp³-hybridized carbons (Fsp3) is 0.500. The largest absolute Gasteiger partial charge is 0.298 e. The van der Waals surface area contributed by atoms with Crippen LogP contribution < -0.4 is 5.32 Å². The summed E-state index contributed by atoms with van der Waals surface area (Å²) in [5, 5.41) is 11.3. The summed E-state index contributed by atoms with van der Waals surface area (Å²) in [5.74, 6) is 0. The van der Waals surface area contributed by atoms with Gasteiger partial charge in [0.2, 0.25) is 0 Å². The molecule has 8 heavy (non-hydrogen) atoms. The molecule has 0 radical (unpaired) electrons. The third-order valence-corrected chi connectivity index (χ3v) is 1.14. The van der Waals surface area contributed by atoms with Crippen LogP contribution in [0.5, 0.6) is 0 Å². The van der Waals surface area contributed by atoms with Crippen LogP contribution in [0, 0.1) is 11.3 Å². The number of nitrogens with one attached hydrogen (secondary N) is 1. The van der Waals surface area contributed by atoms with E-state index in [0.29, 0.717) is 0 Å². The Bertz CT molecular complexity index is 132. The Kier molecular flexibility index (Phi) is 1.66. The molecule has 1 aliphatic rings. The highest BCUT2D eigenvalue weighted by atomic mass is 14.9. The van der Waals surface area contributed by atoms with E-state index in [-0.39, 0.29) is 6.04 Å². The molecule has 1 aliphatic heterocycles. The molecule has 0 saturated carbocycles. The summed E-state index contributed by atoms with van der Waals surface area (Å²) in [4.78, 5) is 0. The van der Waals surface area contributed by atoms with E-state index in [1.807, 2.05) is 12.2 Å². The second-order valence-electron chi connectivity index (χ2n) is 1.78. The third kappa shape index (κ3) is 1.08. The van der Waals surface area contributed by atoms with Crippen molar-refractivity contribution in [1.82, 2.24) is 5.32 Å². The highest BCUT2D eigenvalue weighted by molar-refractivity contribution is 5.08. The molecule has 2 nitrogen and oxygen atoms in total. The molecule has 0 aliphatic carbocycles. The number of hydrogen-bond acceptors (Lipinski definition) is 2. The zero-order valence-corrected chi connectivity index (χ0v) is 4.59. The first kappa shape index (κ1) is 5.33. The van der Waals surface area contributed by atoms with Gasteiger partial charge in [0.05, 0.1) is 6.07 Å². The summed E-state index contributed by atoms with van der Waals surface area (Å²) >= 11 is 0.